The average molecular weight is 257 g/mol. The van der Waals surface area contributed by atoms with Crippen LogP contribution in [0.25, 0.3) is 0 Å². The predicted molar refractivity (Wildman–Crippen MR) is 68.7 cm³/mol. The van der Waals surface area contributed by atoms with Gasteiger partial charge in [0.1, 0.15) is 0 Å². The highest BCUT2D eigenvalue weighted by Gasteiger charge is 2.15. The maximum Gasteiger partial charge on any atom is 0.191 e. The van der Waals surface area contributed by atoms with Crippen LogP contribution in [-0.2, 0) is 6.54 Å². The number of ether oxygens (including phenoxy) is 1. The van der Waals surface area contributed by atoms with Crippen molar-refractivity contribution >= 4 is 0 Å². The molecule has 0 spiro atoms. The first-order valence-corrected chi connectivity index (χ1v) is 6.43. The molecule has 0 aromatic heterocycles. The second-order valence-corrected chi connectivity index (χ2v) is 4.39. The van der Waals surface area contributed by atoms with Gasteiger partial charge in [-0.3, -0.25) is 0 Å². The maximum absolute atomic E-state index is 13.7. The zero-order chi connectivity index (χ0) is 13.5. The molecule has 102 valence electrons. The highest BCUT2D eigenvalue weighted by Crippen LogP contribution is 2.25. The first-order chi connectivity index (χ1) is 8.58. The van der Waals surface area contributed by atoms with Crippen molar-refractivity contribution in [2.75, 3.05) is 6.54 Å². The van der Waals surface area contributed by atoms with E-state index in [1.165, 1.54) is 12.1 Å². The Morgan fingerprint density at radius 1 is 1.22 bits per heavy atom. The Morgan fingerprint density at radius 3 is 2.33 bits per heavy atom. The monoisotopic (exact) mass is 257 g/mol. The second kappa shape index (κ2) is 7.31. The van der Waals surface area contributed by atoms with E-state index < -0.39 is 11.6 Å². The molecule has 0 amide bonds. The number of rotatable bonds is 7. The molecule has 1 aromatic rings. The molecule has 0 aliphatic heterocycles. The lowest BCUT2D eigenvalue weighted by Crippen LogP contribution is -2.15. The molecule has 0 aliphatic carbocycles. The Balaban J connectivity index is 2.80. The summed E-state index contributed by atoms with van der Waals surface area (Å²) in [5.41, 5.74) is 0.586. The van der Waals surface area contributed by atoms with Crippen LogP contribution in [0.2, 0.25) is 0 Å². The van der Waals surface area contributed by atoms with Crippen LogP contribution in [0.5, 0.6) is 5.75 Å². The average Bonchev–Trinajstić information content (AvgIpc) is 2.31. The van der Waals surface area contributed by atoms with Crippen LogP contribution in [0.15, 0.2) is 12.1 Å². The van der Waals surface area contributed by atoms with Gasteiger partial charge in [-0.1, -0.05) is 20.3 Å². The molecule has 1 atom stereocenters. The van der Waals surface area contributed by atoms with Crippen molar-refractivity contribution in [3.05, 3.63) is 29.3 Å². The molecule has 0 saturated heterocycles. The fourth-order valence-electron chi connectivity index (χ4n) is 1.76. The van der Waals surface area contributed by atoms with Crippen molar-refractivity contribution in [1.29, 1.82) is 0 Å². The zero-order valence-corrected chi connectivity index (χ0v) is 11.2. The molecule has 1 unspecified atom stereocenters. The van der Waals surface area contributed by atoms with Crippen molar-refractivity contribution in [2.24, 2.45) is 0 Å². The summed E-state index contributed by atoms with van der Waals surface area (Å²) in [6.07, 6.45) is 1.51. The molecule has 0 fully saturated rings. The third-order valence-corrected chi connectivity index (χ3v) is 2.65. The Bertz CT molecular complexity index is 359. The minimum atomic E-state index is -0.633. The quantitative estimate of drug-likeness (QED) is 0.805. The van der Waals surface area contributed by atoms with E-state index in [0.717, 1.165) is 19.4 Å². The van der Waals surface area contributed by atoms with Crippen molar-refractivity contribution in [3.8, 4) is 5.75 Å². The Hall–Kier alpha value is -1.16. The van der Waals surface area contributed by atoms with E-state index in [4.69, 9.17) is 4.74 Å². The van der Waals surface area contributed by atoms with Crippen molar-refractivity contribution in [1.82, 2.24) is 5.32 Å². The minimum Gasteiger partial charge on any atom is -0.485 e. The molecule has 1 aromatic carbocycles. The van der Waals surface area contributed by atoms with E-state index >= 15 is 0 Å². The largest absolute Gasteiger partial charge is 0.485 e. The van der Waals surface area contributed by atoms with E-state index in [9.17, 15) is 8.78 Å². The molecule has 4 heteroatoms. The van der Waals surface area contributed by atoms with Gasteiger partial charge in [0.2, 0.25) is 0 Å². The highest BCUT2D eigenvalue weighted by atomic mass is 19.1. The fourth-order valence-corrected chi connectivity index (χ4v) is 1.76. The smallest absolute Gasteiger partial charge is 0.191 e. The summed E-state index contributed by atoms with van der Waals surface area (Å²) in [5, 5.41) is 3.03. The number of halogens is 2. The van der Waals surface area contributed by atoms with Crippen LogP contribution in [0.3, 0.4) is 0 Å². The van der Waals surface area contributed by atoms with E-state index in [1.54, 1.807) is 0 Å². The lowest BCUT2D eigenvalue weighted by molar-refractivity contribution is 0.191. The van der Waals surface area contributed by atoms with Gasteiger partial charge < -0.3 is 10.1 Å². The summed E-state index contributed by atoms with van der Waals surface area (Å²) in [5.74, 6) is -1.53. The van der Waals surface area contributed by atoms with Gasteiger partial charge >= 0.3 is 0 Å². The van der Waals surface area contributed by atoms with Crippen molar-refractivity contribution < 1.29 is 13.5 Å². The molecule has 0 saturated carbocycles. The lowest BCUT2D eigenvalue weighted by Gasteiger charge is -2.15. The number of hydrogen-bond donors (Lipinski definition) is 1. The first kappa shape index (κ1) is 14.9. The van der Waals surface area contributed by atoms with Gasteiger partial charge in [0, 0.05) is 6.54 Å². The second-order valence-electron chi connectivity index (χ2n) is 4.39. The van der Waals surface area contributed by atoms with E-state index in [0.29, 0.717) is 12.1 Å². The van der Waals surface area contributed by atoms with E-state index in [2.05, 4.69) is 5.32 Å². The normalized spacial score (nSPS) is 12.5. The standard InChI is InChI=1S/C14H21F2NO/c1-4-6-10(3)18-14-12(15)7-11(8-13(14)16)9-17-5-2/h7-8,10,17H,4-6,9H2,1-3H3. The topological polar surface area (TPSA) is 21.3 Å². The van der Waals surface area contributed by atoms with Gasteiger partial charge in [-0.15, -0.1) is 0 Å². The van der Waals surface area contributed by atoms with Crippen molar-refractivity contribution in [2.45, 2.75) is 46.3 Å². The highest BCUT2D eigenvalue weighted by molar-refractivity contribution is 5.31. The molecule has 1 N–H and O–H groups in total. The number of hydrogen-bond acceptors (Lipinski definition) is 2. The summed E-state index contributed by atoms with van der Waals surface area (Å²) < 4.78 is 32.8. The van der Waals surface area contributed by atoms with Crippen LogP contribution < -0.4 is 10.1 Å². The van der Waals surface area contributed by atoms with Gasteiger partial charge in [-0.2, -0.15) is 0 Å². The molecule has 18 heavy (non-hydrogen) atoms. The molecular formula is C14H21F2NO. The van der Waals surface area contributed by atoms with Gasteiger partial charge in [-0.05, 0) is 37.6 Å². The number of nitrogens with one attached hydrogen (secondary N) is 1. The molecule has 0 bridgehead atoms. The predicted octanol–water partition coefficient (Wildman–Crippen LogP) is 3.64. The van der Waals surface area contributed by atoms with Crippen LogP contribution in [0.4, 0.5) is 8.78 Å². The summed E-state index contributed by atoms with van der Waals surface area (Å²) >= 11 is 0. The van der Waals surface area contributed by atoms with Gasteiger partial charge in [0.05, 0.1) is 6.10 Å². The minimum absolute atomic E-state index is 0.182. The Kier molecular flexibility index (Phi) is 6.05. The van der Waals surface area contributed by atoms with Gasteiger partial charge in [0.15, 0.2) is 17.4 Å². The van der Waals surface area contributed by atoms with Crippen LogP contribution >= 0.6 is 0 Å². The third kappa shape index (κ3) is 4.26. The maximum atomic E-state index is 13.7. The number of benzene rings is 1. The van der Waals surface area contributed by atoms with Gasteiger partial charge in [0.25, 0.3) is 0 Å². The molecule has 1 rings (SSSR count). The van der Waals surface area contributed by atoms with Crippen LogP contribution in [-0.4, -0.2) is 12.6 Å². The fraction of sp³-hybridized carbons (Fsp3) is 0.571. The summed E-state index contributed by atoms with van der Waals surface area (Å²) in [4.78, 5) is 0. The Morgan fingerprint density at radius 2 is 1.83 bits per heavy atom. The zero-order valence-electron chi connectivity index (χ0n) is 11.2. The first-order valence-electron chi connectivity index (χ1n) is 6.43. The van der Waals surface area contributed by atoms with Crippen molar-refractivity contribution in [3.63, 3.8) is 0 Å². The Labute approximate surface area is 107 Å². The van der Waals surface area contributed by atoms with E-state index in [1.807, 2.05) is 20.8 Å². The van der Waals surface area contributed by atoms with Crippen LogP contribution in [0.1, 0.15) is 39.2 Å². The third-order valence-electron chi connectivity index (χ3n) is 2.65. The molecule has 0 aliphatic rings. The lowest BCUT2D eigenvalue weighted by atomic mass is 10.2. The van der Waals surface area contributed by atoms with Crippen LogP contribution in [0, 0.1) is 11.6 Å². The molecule has 0 heterocycles. The van der Waals surface area contributed by atoms with E-state index in [-0.39, 0.29) is 11.9 Å². The SMILES string of the molecule is CCCC(C)Oc1c(F)cc(CNCC)cc1F. The molecule has 2 nitrogen and oxygen atoms in total. The summed E-state index contributed by atoms with van der Waals surface area (Å²) in [7, 11) is 0. The van der Waals surface area contributed by atoms with Gasteiger partial charge in [-0.25, -0.2) is 8.78 Å². The summed E-state index contributed by atoms with van der Waals surface area (Å²) in [6.45, 7) is 6.97. The molecule has 0 radical (unpaired) electrons. The molecular weight excluding hydrogens is 236 g/mol. The summed E-state index contributed by atoms with van der Waals surface area (Å²) in [6, 6.07) is 2.64.